The van der Waals surface area contributed by atoms with E-state index >= 15 is 0 Å². The van der Waals surface area contributed by atoms with Gasteiger partial charge in [0, 0.05) is 17.0 Å². The SMILES string of the molecule is Cc1ccc2c(c1)oc1c(C)nccc12. The van der Waals surface area contributed by atoms with Crippen molar-refractivity contribution in [3.05, 3.63) is 41.7 Å². The number of hydrogen-bond donors (Lipinski definition) is 0. The Morgan fingerprint density at radius 1 is 1.07 bits per heavy atom. The molecule has 0 aliphatic rings. The molecule has 3 aromatic rings. The van der Waals surface area contributed by atoms with Gasteiger partial charge in [0.2, 0.25) is 0 Å². The highest BCUT2D eigenvalue weighted by atomic mass is 16.3. The van der Waals surface area contributed by atoms with Crippen molar-refractivity contribution in [3.63, 3.8) is 0 Å². The van der Waals surface area contributed by atoms with Crippen molar-refractivity contribution in [3.8, 4) is 0 Å². The first-order valence-electron chi connectivity index (χ1n) is 5.00. The molecule has 74 valence electrons. The minimum absolute atomic E-state index is 0.901. The average molecular weight is 197 g/mol. The van der Waals surface area contributed by atoms with Crippen LogP contribution in [0.5, 0.6) is 0 Å². The van der Waals surface area contributed by atoms with E-state index < -0.39 is 0 Å². The summed E-state index contributed by atoms with van der Waals surface area (Å²) in [6.07, 6.45) is 1.83. The Labute approximate surface area is 87.5 Å². The number of hydrogen-bond acceptors (Lipinski definition) is 2. The smallest absolute Gasteiger partial charge is 0.156 e. The molecule has 0 spiro atoms. The number of pyridine rings is 1. The molecule has 0 aliphatic heterocycles. The number of benzene rings is 1. The van der Waals surface area contributed by atoms with E-state index in [1.54, 1.807) is 0 Å². The molecule has 15 heavy (non-hydrogen) atoms. The van der Waals surface area contributed by atoms with Crippen molar-refractivity contribution in [2.24, 2.45) is 0 Å². The standard InChI is InChI=1S/C13H11NO/c1-8-3-4-10-11-5-6-14-9(2)13(11)15-12(10)7-8/h3-7H,1-2H3. The number of aromatic nitrogens is 1. The molecule has 0 aliphatic carbocycles. The van der Waals surface area contributed by atoms with Gasteiger partial charge in [-0.1, -0.05) is 12.1 Å². The van der Waals surface area contributed by atoms with E-state index in [0.29, 0.717) is 0 Å². The number of nitrogens with zero attached hydrogens (tertiary/aromatic N) is 1. The first-order valence-corrected chi connectivity index (χ1v) is 5.00. The maximum absolute atomic E-state index is 5.80. The lowest BCUT2D eigenvalue weighted by molar-refractivity contribution is 0.662. The summed E-state index contributed by atoms with van der Waals surface area (Å²) in [6, 6.07) is 8.28. The third-order valence-corrected chi connectivity index (χ3v) is 2.72. The van der Waals surface area contributed by atoms with Crippen LogP contribution in [0.25, 0.3) is 21.9 Å². The molecule has 0 saturated carbocycles. The minimum atomic E-state index is 0.901. The Kier molecular flexibility index (Phi) is 1.60. The van der Waals surface area contributed by atoms with Gasteiger partial charge in [-0.15, -0.1) is 0 Å². The number of fused-ring (bicyclic) bond motifs is 3. The normalized spacial score (nSPS) is 11.3. The van der Waals surface area contributed by atoms with E-state index in [1.807, 2.05) is 19.2 Å². The lowest BCUT2D eigenvalue weighted by atomic mass is 10.1. The quantitative estimate of drug-likeness (QED) is 0.550. The number of aryl methyl sites for hydroxylation is 2. The van der Waals surface area contributed by atoms with E-state index in [2.05, 4.69) is 30.1 Å². The number of rotatable bonds is 0. The highest BCUT2D eigenvalue weighted by Crippen LogP contribution is 2.29. The van der Waals surface area contributed by atoms with Crippen LogP contribution < -0.4 is 0 Å². The van der Waals surface area contributed by atoms with Crippen LogP contribution in [-0.4, -0.2) is 4.98 Å². The Bertz CT molecular complexity index is 652. The predicted octanol–water partition coefficient (Wildman–Crippen LogP) is 3.60. The van der Waals surface area contributed by atoms with Gasteiger partial charge in [0.05, 0.1) is 5.69 Å². The maximum Gasteiger partial charge on any atom is 0.156 e. The van der Waals surface area contributed by atoms with E-state index in [0.717, 1.165) is 22.2 Å². The molecule has 0 unspecified atom stereocenters. The van der Waals surface area contributed by atoms with Crippen LogP contribution >= 0.6 is 0 Å². The van der Waals surface area contributed by atoms with Crippen molar-refractivity contribution < 1.29 is 4.42 Å². The molecule has 0 saturated heterocycles. The third kappa shape index (κ3) is 1.14. The molecule has 1 aromatic carbocycles. The summed E-state index contributed by atoms with van der Waals surface area (Å²) < 4.78 is 5.80. The molecule has 0 N–H and O–H groups in total. The van der Waals surface area contributed by atoms with Gasteiger partial charge < -0.3 is 4.42 Å². The van der Waals surface area contributed by atoms with Crippen molar-refractivity contribution >= 4 is 21.9 Å². The molecule has 2 aromatic heterocycles. The fourth-order valence-electron chi connectivity index (χ4n) is 1.94. The average Bonchev–Trinajstić information content (AvgIpc) is 2.57. The molecule has 0 atom stereocenters. The monoisotopic (exact) mass is 197 g/mol. The molecule has 0 fully saturated rings. The highest BCUT2D eigenvalue weighted by molar-refractivity contribution is 6.05. The van der Waals surface area contributed by atoms with Gasteiger partial charge in [-0.25, -0.2) is 0 Å². The zero-order valence-electron chi connectivity index (χ0n) is 8.74. The van der Waals surface area contributed by atoms with E-state index in [-0.39, 0.29) is 0 Å². The van der Waals surface area contributed by atoms with Gasteiger partial charge in [0.1, 0.15) is 5.58 Å². The van der Waals surface area contributed by atoms with Gasteiger partial charge in [0.15, 0.2) is 5.58 Å². The molecule has 0 bridgehead atoms. The van der Waals surface area contributed by atoms with Crippen molar-refractivity contribution in [1.82, 2.24) is 4.98 Å². The lowest BCUT2D eigenvalue weighted by Crippen LogP contribution is -1.77. The summed E-state index contributed by atoms with van der Waals surface area (Å²) in [5.41, 5.74) is 4.01. The summed E-state index contributed by atoms with van der Waals surface area (Å²) in [7, 11) is 0. The Hall–Kier alpha value is -1.83. The predicted molar refractivity (Wildman–Crippen MR) is 61.0 cm³/mol. The lowest BCUT2D eigenvalue weighted by Gasteiger charge is -1.91. The fourth-order valence-corrected chi connectivity index (χ4v) is 1.94. The van der Waals surface area contributed by atoms with Crippen LogP contribution in [0, 0.1) is 13.8 Å². The fraction of sp³-hybridized carbons (Fsp3) is 0.154. The second-order valence-corrected chi connectivity index (χ2v) is 3.87. The van der Waals surface area contributed by atoms with Crippen molar-refractivity contribution in [2.45, 2.75) is 13.8 Å². The van der Waals surface area contributed by atoms with Crippen LogP contribution in [0.4, 0.5) is 0 Å². The molecule has 3 rings (SSSR count). The van der Waals surface area contributed by atoms with Gasteiger partial charge >= 0.3 is 0 Å². The molecular formula is C13H11NO. The van der Waals surface area contributed by atoms with Crippen LogP contribution in [0.15, 0.2) is 34.9 Å². The highest BCUT2D eigenvalue weighted by Gasteiger charge is 2.08. The summed E-state index contributed by atoms with van der Waals surface area (Å²) >= 11 is 0. The van der Waals surface area contributed by atoms with E-state index in [9.17, 15) is 0 Å². The molecule has 2 heterocycles. The van der Waals surface area contributed by atoms with Gasteiger partial charge in [0.25, 0.3) is 0 Å². The topological polar surface area (TPSA) is 26.0 Å². The second-order valence-electron chi connectivity index (χ2n) is 3.87. The molecule has 0 amide bonds. The Morgan fingerprint density at radius 3 is 2.80 bits per heavy atom. The largest absolute Gasteiger partial charge is 0.454 e. The third-order valence-electron chi connectivity index (χ3n) is 2.72. The van der Waals surface area contributed by atoms with Gasteiger partial charge in [-0.3, -0.25) is 4.98 Å². The zero-order valence-corrected chi connectivity index (χ0v) is 8.74. The molecule has 2 heteroatoms. The maximum atomic E-state index is 5.80. The zero-order chi connectivity index (χ0) is 10.4. The summed E-state index contributed by atoms with van der Waals surface area (Å²) in [4.78, 5) is 4.23. The van der Waals surface area contributed by atoms with E-state index in [1.165, 1.54) is 10.9 Å². The molecular weight excluding hydrogens is 186 g/mol. The van der Waals surface area contributed by atoms with Gasteiger partial charge in [-0.2, -0.15) is 0 Å². The summed E-state index contributed by atoms with van der Waals surface area (Å²) in [5.74, 6) is 0. The van der Waals surface area contributed by atoms with Crippen molar-refractivity contribution in [2.75, 3.05) is 0 Å². The Morgan fingerprint density at radius 2 is 1.93 bits per heavy atom. The molecule has 2 nitrogen and oxygen atoms in total. The van der Waals surface area contributed by atoms with Gasteiger partial charge in [-0.05, 0) is 31.5 Å². The molecule has 0 radical (unpaired) electrons. The summed E-state index contributed by atoms with van der Waals surface area (Å²) in [5, 5.41) is 2.32. The van der Waals surface area contributed by atoms with Crippen LogP contribution in [-0.2, 0) is 0 Å². The van der Waals surface area contributed by atoms with E-state index in [4.69, 9.17) is 4.42 Å². The first-order chi connectivity index (χ1) is 7.25. The van der Waals surface area contributed by atoms with Crippen molar-refractivity contribution in [1.29, 1.82) is 0 Å². The number of furan rings is 1. The summed E-state index contributed by atoms with van der Waals surface area (Å²) in [6.45, 7) is 4.04. The van der Waals surface area contributed by atoms with Crippen LogP contribution in [0.1, 0.15) is 11.3 Å². The second kappa shape index (κ2) is 2.83. The van der Waals surface area contributed by atoms with Crippen LogP contribution in [0.3, 0.4) is 0 Å². The first kappa shape index (κ1) is 8.48. The van der Waals surface area contributed by atoms with Crippen LogP contribution in [0.2, 0.25) is 0 Å². The minimum Gasteiger partial charge on any atom is -0.454 e. The Balaban J connectivity index is 2.57.